The van der Waals surface area contributed by atoms with Crippen molar-refractivity contribution in [3.05, 3.63) is 83.7 Å². The molecule has 0 radical (unpaired) electrons. The monoisotopic (exact) mass is 631 g/mol. The molecular formula is C32H38FN9O4. The molecule has 1 aliphatic rings. The summed E-state index contributed by atoms with van der Waals surface area (Å²) in [5.41, 5.74) is 7.49. The molecule has 13 nitrogen and oxygen atoms in total. The van der Waals surface area contributed by atoms with Gasteiger partial charge in [0.05, 0.1) is 54.3 Å². The molecule has 0 spiro atoms. The lowest BCUT2D eigenvalue weighted by atomic mass is 9.88. The number of ether oxygens (including phenoxy) is 2. The normalized spacial score (nSPS) is 18.1. The van der Waals surface area contributed by atoms with Gasteiger partial charge in [-0.25, -0.2) is 14.2 Å². The van der Waals surface area contributed by atoms with Crippen molar-refractivity contribution in [3.63, 3.8) is 0 Å². The summed E-state index contributed by atoms with van der Waals surface area (Å²) >= 11 is 0. The number of hydrogen-bond acceptors (Lipinski definition) is 10. The Kier molecular flexibility index (Phi) is 9.75. The lowest BCUT2D eigenvalue weighted by Crippen LogP contribution is -2.52. The Morgan fingerprint density at radius 3 is 2.50 bits per heavy atom. The number of nitrogens with zero attached hydrogens (tertiary/aromatic N) is 5. The van der Waals surface area contributed by atoms with E-state index in [0.717, 1.165) is 11.6 Å². The van der Waals surface area contributed by atoms with E-state index in [-0.39, 0.29) is 23.3 Å². The predicted molar refractivity (Wildman–Crippen MR) is 169 cm³/mol. The molecule has 0 saturated heterocycles. The van der Waals surface area contributed by atoms with Crippen LogP contribution in [0, 0.1) is 12.7 Å². The topological polar surface area (TPSA) is 171 Å². The first kappa shape index (κ1) is 32.3. The van der Waals surface area contributed by atoms with Gasteiger partial charge in [-0.2, -0.15) is 10.2 Å². The number of hydrogen-bond donors (Lipinski definition) is 4. The van der Waals surface area contributed by atoms with Gasteiger partial charge in [-0.3, -0.25) is 9.78 Å². The van der Waals surface area contributed by atoms with Crippen LogP contribution in [0.1, 0.15) is 61.6 Å². The molecule has 3 atom stereocenters. The fraction of sp³-hybridized carbons (Fsp3) is 0.375. The van der Waals surface area contributed by atoms with E-state index in [9.17, 15) is 9.59 Å². The highest BCUT2D eigenvalue weighted by atomic mass is 19.1. The van der Waals surface area contributed by atoms with Gasteiger partial charge in [-0.1, -0.05) is 30.3 Å². The molecule has 4 aromatic rings. The zero-order valence-electron chi connectivity index (χ0n) is 26.2. The van der Waals surface area contributed by atoms with E-state index in [2.05, 4.69) is 36.1 Å². The maximum Gasteiger partial charge on any atom is 0.407 e. The number of rotatable bonds is 10. The Morgan fingerprint density at radius 1 is 1.07 bits per heavy atom. The Balaban J connectivity index is 1.38. The van der Waals surface area contributed by atoms with Crippen LogP contribution in [0.3, 0.4) is 0 Å². The average molecular weight is 632 g/mol. The molecule has 14 heteroatoms. The molecule has 5 N–H and O–H groups in total. The van der Waals surface area contributed by atoms with Crippen molar-refractivity contribution in [3.8, 4) is 5.69 Å². The predicted octanol–water partition coefficient (Wildman–Crippen LogP) is 4.79. The van der Waals surface area contributed by atoms with Crippen molar-refractivity contribution >= 4 is 29.3 Å². The second-order valence-corrected chi connectivity index (χ2v) is 12.1. The lowest BCUT2D eigenvalue weighted by molar-refractivity contribution is 0.00254. The van der Waals surface area contributed by atoms with E-state index in [1.165, 1.54) is 17.2 Å². The highest BCUT2D eigenvalue weighted by Crippen LogP contribution is 2.29. The van der Waals surface area contributed by atoms with E-state index in [0.29, 0.717) is 42.9 Å². The van der Waals surface area contributed by atoms with Gasteiger partial charge in [-0.05, 0) is 64.7 Å². The van der Waals surface area contributed by atoms with Gasteiger partial charge in [0, 0.05) is 6.04 Å². The van der Waals surface area contributed by atoms with Gasteiger partial charge in [0.1, 0.15) is 17.1 Å². The third-order valence-corrected chi connectivity index (χ3v) is 7.35. The van der Waals surface area contributed by atoms with Crippen LogP contribution in [-0.2, 0) is 16.1 Å². The molecular weight excluding hydrogens is 593 g/mol. The van der Waals surface area contributed by atoms with E-state index in [1.54, 1.807) is 40.0 Å². The standard InChI is InChI=1S/C32H38FN9O4/c1-19-27(42-36-12-13-37-42)14-21(17-35-19)38-29-23(28(34)43)16-24(33)30(41-29)39-25-11-10-22(45-18-20-8-6-5-7-9-20)15-26(25)40-31(44)46-32(2,3)4/h5-9,12-14,16-17,22,25-26H,10-11,15,18H2,1-4H3,(H2,34,43)(H,40,44)(H2,38,39,41)/t22-,25?,26?/m1/s1. The zero-order chi connectivity index (χ0) is 32.8. The van der Waals surface area contributed by atoms with Crippen LogP contribution < -0.4 is 21.7 Å². The Morgan fingerprint density at radius 2 is 1.80 bits per heavy atom. The summed E-state index contributed by atoms with van der Waals surface area (Å²) in [7, 11) is 0. The number of carbonyl (C=O) groups excluding carboxylic acids is 2. The number of amides is 2. The van der Waals surface area contributed by atoms with Crippen molar-refractivity contribution in [1.82, 2.24) is 30.3 Å². The van der Waals surface area contributed by atoms with Crippen molar-refractivity contribution in [2.24, 2.45) is 5.73 Å². The summed E-state index contributed by atoms with van der Waals surface area (Å²) in [6, 6.07) is 11.7. The molecule has 2 amide bonds. The fourth-order valence-corrected chi connectivity index (χ4v) is 5.18. The number of pyridine rings is 2. The number of nitrogens with two attached hydrogens (primary N) is 1. The molecule has 1 aromatic carbocycles. The molecule has 1 aliphatic carbocycles. The second kappa shape index (κ2) is 13.9. The highest BCUT2D eigenvalue weighted by molar-refractivity contribution is 5.98. The number of nitrogens with one attached hydrogen (secondary N) is 3. The van der Waals surface area contributed by atoms with Crippen LogP contribution in [0.2, 0.25) is 0 Å². The van der Waals surface area contributed by atoms with Crippen molar-refractivity contribution in [2.45, 2.75) is 77.4 Å². The fourth-order valence-electron chi connectivity index (χ4n) is 5.18. The number of aryl methyl sites for hydroxylation is 1. The Hall–Kier alpha value is -5.11. The number of anilines is 3. The SMILES string of the molecule is Cc1ncc(Nc2nc(NC3CC[C@@H](OCc4ccccc4)CC3NC(=O)OC(C)(C)C)c(F)cc2C(N)=O)cc1-n1nccn1. The summed E-state index contributed by atoms with van der Waals surface area (Å²) in [4.78, 5) is 35.3. The molecule has 242 valence electrons. The summed E-state index contributed by atoms with van der Waals surface area (Å²) in [5.74, 6) is -1.74. The molecule has 0 aliphatic heterocycles. The van der Waals surface area contributed by atoms with Gasteiger partial charge in [0.25, 0.3) is 5.91 Å². The third kappa shape index (κ3) is 8.33. The van der Waals surface area contributed by atoms with E-state index in [4.69, 9.17) is 15.2 Å². The van der Waals surface area contributed by atoms with Crippen LogP contribution in [0.4, 0.5) is 26.5 Å². The summed E-state index contributed by atoms with van der Waals surface area (Å²) in [6.45, 7) is 7.57. The quantitative estimate of drug-likeness (QED) is 0.191. The first-order valence-corrected chi connectivity index (χ1v) is 15.0. The van der Waals surface area contributed by atoms with E-state index >= 15 is 4.39 Å². The van der Waals surface area contributed by atoms with Crippen molar-refractivity contribution in [2.75, 3.05) is 10.6 Å². The van der Waals surface area contributed by atoms with Crippen molar-refractivity contribution < 1.29 is 23.5 Å². The number of alkyl carbamates (subject to hydrolysis) is 1. The lowest BCUT2D eigenvalue weighted by Gasteiger charge is -2.37. The largest absolute Gasteiger partial charge is 0.444 e. The maximum absolute atomic E-state index is 15.5. The van der Waals surface area contributed by atoms with Crippen molar-refractivity contribution in [1.29, 1.82) is 0 Å². The average Bonchev–Trinajstić information content (AvgIpc) is 3.54. The first-order valence-electron chi connectivity index (χ1n) is 15.0. The minimum absolute atomic E-state index is 0.0259. The number of primary amides is 1. The summed E-state index contributed by atoms with van der Waals surface area (Å²) in [5, 5.41) is 17.4. The molecule has 3 heterocycles. The molecule has 1 saturated carbocycles. The molecule has 3 aromatic heterocycles. The second-order valence-electron chi connectivity index (χ2n) is 12.1. The van der Waals surface area contributed by atoms with Gasteiger partial charge >= 0.3 is 6.09 Å². The summed E-state index contributed by atoms with van der Waals surface area (Å²) in [6.07, 6.45) is 5.51. The molecule has 1 fully saturated rings. The van der Waals surface area contributed by atoms with Gasteiger partial charge in [-0.15, -0.1) is 4.80 Å². The van der Waals surface area contributed by atoms with Crippen LogP contribution >= 0.6 is 0 Å². The minimum atomic E-state index is -0.866. The number of benzene rings is 1. The van der Waals surface area contributed by atoms with Crippen LogP contribution in [-0.4, -0.2) is 60.8 Å². The highest BCUT2D eigenvalue weighted by Gasteiger charge is 2.34. The van der Waals surface area contributed by atoms with Gasteiger partial charge < -0.3 is 31.2 Å². The molecule has 5 rings (SSSR count). The smallest absolute Gasteiger partial charge is 0.407 e. The van der Waals surface area contributed by atoms with Crippen LogP contribution in [0.15, 0.2) is 61.1 Å². The first-order chi connectivity index (χ1) is 21.9. The molecule has 2 unspecified atom stereocenters. The third-order valence-electron chi connectivity index (χ3n) is 7.35. The molecule has 46 heavy (non-hydrogen) atoms. The van der Waals surface area contributed by atoms with Crippen LogP contribution in [0.5, 0.6) is 0 Å². The minimum Gasteiger partial charge on any atom is -0.444 e. The maximum atomic E-state index is 15.5. The Labute approximate surface area is 266 Å². The molecule has 0 bridgehead atoms. The number of aromatic nitrogens is 5. The van der Waals surface area contributed by atoms with E-state index in [1.807, 2.05) is 30.3 Å². The summed E-state index contributed by atoms with van der Waals surface area (Å²) < 4.78 is 27.2. The Bertz CT molecular complexity index is 1660. The van der Waals surface area contributed by atoms with E-state index < -0.39 is 35.5 Å². The zero-order valence-corrected chi connectivity index (χ0v) is 26.2. The number of carbonyl (C=O) groups is 2. The number of halogens is 1. The van der Waals surface area contributed by atoms with Gasteiger partial charge in [0.2, 0.25) is 0 Å². The van der Waals surface area contributed by atoms with Gasteiger partial charge in [0.15, 0.2) is 11.6 Å². The van der Waals surface area contributed by atoms with Crippen LogP contribution in [0.25, 0.3) is 5.69 Å².